The predicted octanol–water partition coefficient (Wildman–Crippen LogP) is 0.953. The van der Waals surface area contributed by atoms with Crippen molar-refractivity contribution in [3.8, 4) is 0 Å². The summed E-state index contributed by atoms with van der Waals surface area (Å²) in [5.74, 6) is 0. The summed E-state index contributed by atoms with van der Waals surface area (Å²) in [5, 5.41) is 10.4. The van der Waals surface area contributed by atoms with Crippen LogP contribution in [0, 0.1) is 0 Å². The maximum atomic E-state index is 9.81. The lowest BCUT2D eigenvalue weighted by Crippen LogP contribution is -2.46. The van der Waals surface area contributed by atoms with Crippen molar-refractivity contribution in [3.05, 3.63) is 29.0 Å². The molecule has 2 heterocycles. The van der Waals surface area contributed by atoms with Gasteiger partial charge in [-0.3, -0.25) is 4.98 Å². The Bertz CT molecular complexity index is 299. The second-order valence-corrected chi connectivity index (χ2v) is 3.29. The lowest BCUT2D eigenvalue weighted by atomic mass is 9.94. The second-order valence-electron chi connectivity index (χ2n) is 2.88. The molecule has 1 fully saturated rings. The standard InChI is InChI=1S/C8H8ClNO2/c9-7-1-2-10-3-6(7)8(11)4-12-5-8/h1-3,11H,4-5H2. The minimum atomic E-state index is -0.911. The van der Waals surface area contributed by atoms with E-state index in [1.54, 1.807) is 18.5 Å². The van der Waals surface area contributed by atoms with Crippen LogP contribution in [0.4, 0.5) is 0 Å². The van der Waals surface area contributed by atoms with Crippen molar-refractivity contribution in [2.75, 3.05) is 13.2 Å². The van der Waals surface area contributed by atoms with Gasteiger partial charge in [-0.15, -0.1) is 0 Å². The molecular weight excluding hydrogens is 178 g/mol. The smallest absolute Gasteiger partial charge is 0.139 e. The van der Waals surface area contributed by atoms with Gasteiger partial charge in [0.2, 0.25) is 0 Å². The molecule has 0 amide bonds. The van der Waals surface area contributed by atoms with Crippen LogP contribution >= 0.6 is 11.6 Å². The monoisotopic (exact) mass is 185 g/mol. The average molecular weight is 186 g/mol. The maximum absolute atomic E-state index is 9.81. The van der Waals surface area contributed by atoms with E-state index in [0.717, 1.165) is 0 Å². The van der Waals surface area contributed by atoms with Crippen LogP contribution in [0.25, 0.3) is 0 Å². The van der Waals surface area contributed by atoms with Crippen molar-refractivity contribution in [1.29, 1.82) is 0 Å². The Kier molecular flexibility index (Phi) is 1.79. The molecule has 1 aromatic rings. The molecule has 0 aromatic carbocycles. The molecule has 0 saturated carbocycles. The molecule has 0 bridgehead atoms. The van der Waals surface area contributed by atoms with Crippen molar-refractivity contribution < 1.29 is 9.84 Å². The second kappa shape index (κ2) is 2.69. The summed E-state index contributed by atoms with van der Waals surface area (Å²) in [6.45, 7) is 0.608. The summed E-state index contributed by atoms with van der Waals surface area (Å²) in [6, 6.07) is 1.66. The Morgan fingerprint density at radius 1 is 1.58 bits per heavy atom. The number of hydrogen-bond acceptors (Lipinski definition) is 3. The van der Waals surface area contributed by atoms with Crippen LogP contribution in [-0.2, 0) is 10.3 Å². The summed E-state index contributed by atoms with van der Waals surface area (Å²) in [6.07, 6.45) is 3.17. The van der Waals surface area contributed by atoms with Gasteiger partial charge in [-0.05, 0) is 6.07 Å². The molecule has 0 radical (unpaired) electrons. The zero-order valence-electron chi connectivity index (χ0n) is 6.33. The highest BCUT2D eigenvalue weighted by molar-refractivity contribution is 6.31. The van der Waals surface area contributed by atoms with Crippen LogP contribution in [0.5, 0.6) is 0 Å². The normalized spacial score (nSPS) is 20.2. The minimum Gasteiger partial charge on any atom is -0.380 e. The Morgan fingerprint density at radius 3 is 2.83 bits per heavy atom. The molecule has 1 aliphatic heterocycles. The third-order valence-electron chi connectivity index (χ3n) is 1.95. The molecule has 1 saturated heterocycles. The highest BCUT2D eigenvalue weighted by Crippen LogP contribution is 2.33. The van der Waals surface area contributed by atoms with Crippen LogP contribution in [-0.4, -0.2) is 23.3 Å². The van der Waals surface area contributed by atoms with E-state index in [2.05, 4.69) is 4.98 Å². The van der Waals surface area contributed by atoms with Crippen molar-refractivity contribution in [1.82, 2.24) is 4.98 Å². The Hall–Kier alpha value is -0.640. The van der Waals surface area contributed by atoms with E-state index < -0.39 is 5.60 Å². The number of ether oxygens (including phenoxy) is 1. The zero-order chi connectivity index (χ0) is 8.60. The van der Waals surface area contributed by atoms with Crippen LogP contribution in [0.3, 0.4) is 0 Å². The third-order valence-corrected chi connectivity index (χ3v) is 2.28. The fourth-order valence-electron chi connectivity index (χ4n) is 1.17. The van der Waals surface area contributed by atoms with E-state index in [9.17, 15) is 5.11 Å². The largest absolute Gasteiger partial charge is 0.380 e. The van der Waals surface area contributed by atoms with Gasteiger partial charge in [0.05, 0.1) is 13.2 Å². The molecule has 12 heavy (non-hydrogen) atoms. The number of halogens is 1. The first-order valence-corrected chi connectivity index (χ1v) is 4.00. The molecule has 4 heteroatoms. The van der Waals surface area contributed by atoms with Crippen molar-refractivity contribution in [3.63, 3.8) is 0 Å². The third kappa shape index (κ3) is 1.10. The average Bonchev–Trinajstić information content (AvgIpc) is 2.01. The molecule has 0 spiro atoms. The van der Waals surface area contributed by atoms with E-state index in [1.165, 1.54) is 0 Å². The summed E-state index contributed by atoms with van der Waals surface area (Å²) >= 11 is 5.87. The molecule has 1 aliphatic rings. The first kappa shape index (κ1) is 7.98. The van der Waals surface area contributed by atoms with E-state index in [-0.39, 0.29) is 0 Å². The van der Waals surface area contributed by atoms with E-state index in [1.807, 2.05) is 0 Å². The SMILES string of the molecule is OC1(c2cnccc2Cl)COC1. The first-order chi connectivity index (χ1) is 5.72. The van der Waals surface area contributed by atoms with Gasteiger partial charge in [0.15, 0.2) is 0 Å². The lowest BCUT2D eigenvalue weighted by Gasteiger charge is -2.36. The van der Waals surface area contributed by atoms with Crippen molar-refractivity contribution in [2.45, 2.75) is 5.60 Å². The quantitative estimate of drug-likeness (QED) is 0.709. The van der Waals surface area contributed by atoms with Crippen LogP contribution in [0.2, 0.25) is 5.02 Å². The topological polar surface area (TPSA) is 42.4 Å². The summed E-state index contributed by atoms with van der Waals surface area (Å²) in [7, 11) is 0. The van der Waals surface area contributed by atoms with E-state index in [4.69, 9.17) is 16.3 Å². The highest BCUT2D eigenvalue weighted by atomic mass is 35.5. The zero-order valence-corrected chi connectivity index (χ0v) is 7.08. The predicted molar refractivity (Wildman–Crippen MR) is 44.0 cm³/mol. The number of pyridine rings is 1. The molecule has 0 unspecified atom stereocenters. The summed E-state index contributed by atoms with van der Waals surface area (Å²) in [5.41, 5.74) is -0.261. The van der Waals surface area contributed by atoms with Crippen molar-refractivity contribution in [2.24, 2.45) is 0 Å². The Balaban J connectivity index is 2.39. The molecule has 1 aromatic heterocycles. The lowest BCUT2D eigenvalue weighted by molar-refractivity contribution is -0.184. The summed E-state index contributed by atoms with van der Waals surface area (Å²) in [4.78, 5) is 3.89. The molecule has 3 nitrogen and oxygen atoms in total. The van der Waals surface area contributed by atoms with Gasteiger partial charge in [-0.1, -0.05) is 11.6 Å². The van der Waals surface area contributed by atoms with Gasteiger partial charge in [-0.25, -0.2) is 0 Å². The highest BCUT2D eigenvalue weighted by Gasteiger charge is 2.39. The molecule has 0 aliphatic carbocycles. The fraction of sp³-hybridized carbons (Fsp3) is 0.375. The number of aromatic nitrogens is 1. The maximum Gasteiger partial charge on any atom is 0.139 e. The van der Waals surface area contributed by atoms with Crippen LogP contribution < -0.4 is 0 Å². The Morgan fingerprint density at radius 2 is 2.33 bits per heavy atom. The minimum absolute atomic E-state index is 0.304. The van der Waals surface area contributed by atoms with E-state index >= 15 is 0 Å². The fourth-order valence-corrected chi connectivity index (χ4v) is 1.45. The molecule has 64 valence electrons. The Labute approximate surface area is 75.0 Å². The van der Waals surface area contributed by atoms with Crippen LogP contribution in [0.1, 0.15) is 5.56 Å². The number of rotatable bonds is 1. The van der Waals surface area contributed by atoms with Gasteiger partial charge in [-0.2, -0.15) is 0 Å². The summed E-state index contributed by atoms with van der Waals surface area (Å²) < 4.78 is 4.91. The van der Waals surface area contributed by atoms with Gasteiger partial charge in [0.25, 0.3) is 0 Å². The number of aliphatic hydroxyl groups is 1. The molecule has 0 atom stereocenters. The first-order valence-electron chi connectivity index (χ1n) is 3.62. The molecule has 2 rings (SSSR count). The van der Waals surface area contributed by atoms with Gasteiger partial charge in [0, 0.05) is 23.0 Å². The molecule has 1 N–H and O–H groups in total. The number of nitrogens with zero attached hydrogens (tertiary/aromatic N) is 1. The van der Waals surface area contributed by atoms with Crippen LogP contribution in [0.15, 0.2) is 18.5 Å². The molecular formula is C8H8ClNO2. The number of hydrogen-bond donors (Lipinski definition) is 1. The van der Waals surface area contributed by atoms with Crippen molar-refractivity contribution >= 4 is 11.6 Å². The van der Waals surface area contributed by atoms with E-state index in [0.29, 0.717) is 23.8 Å². The van der Waals surface area contributed by atoms with Gasteiger partial charge >= 0.3 is 0 Å². The van der Waals surface area contributed by atoms with Gasteiger partial charge < -0.3 is 9.84 Å². The van der Waals surface area contributed by atoms with Gasteiger partial charge in [0.1, 0.15) is 5.60 Å².